The first-order valence-corrected chi connectivity index (χ1v) is 15.0. The van der Waals surface area contributed by atoms with Crippen LogP contribution < -0.4 is 9.47 Å². The molecule has 0 aliphatic rings. The lowest BCUT2D eigenvalue weighted by Gasteiger charge is -2.19. The van der Waals surface area contributed by atoms with Gasteiger partial charge in [-0.05, 0) is 87.5 Å². The Morgan fingerprint density at radius 1 is 0.791 bits per heavy atom. The number of hydrogen-bond acceptors (Lipinski definition) is 5. The van der Waals surface area contributed by atoms with E-state index in [1.165, 1.54) is 0 Å². The molecular formula is C35H44FNO6. The Hall–Kier alpha value is -3.91. The molecule has 3 rings (SSSR count). The number of rotatable bonds is 19. The maximum Gasteiger partial charge on any atom is 0.303 e. The van der Waals surface area contributed by atoms with Crippen molar-refractivity contribution in [2.45, 2.75) is 71.3 Å². The second-order valence-corrected chi connectivity index (χ2v) is 11.1. The van der Waals surface area contributed by atoms with Gasteiger partial charge in [-0.1, -0.05) is 55.3 Å². The number of nitrogens with zero attached hydrogens (tertiary/aromatic N) is 1. The van der Waals surface area contributed by atoms with E-state index in [-0.39, 0.29) is 25.3 Å². The molecular weight excluding hydrogens is 549 g/mol. The van der Waals surface area contributed by atoms with Crippen molar-refractivity contribution in [3.05, 3.63) is 82.7 Å². The maximum atomic E-state index is 15.5. The molecule has 0 aliphatic carbocycles. The van der Waals surface area contributed by atoms with Crippen LogP contribution in [0.15, 0.2) is 54.6 Å². The number of benzene rings is 3. The van der Waals surface area contributed by atoms with Gasteiger partial charge in [0.2, 0.25) is 0 Å². The topological polar surface area (TPSA) is 96.3 Å². The number of aryl methyl sites for hydroxylation is 1. The normalized spacial score (nSPS) is 11.1. The fraction of sp³-hybridized carbons (Fsp3) is 0.429. The minimum Gasteiger partial charge on any atom is -0.493 e. The van der Waals surface area contributed by atoms with Crippen molar-refractivity contribution in [1.82, 2.24) is 4.90 Å². The summed E-state index contributed by atoms with van der Waals surface area (Å²) in [5, 5.41) is 18.1. The van der Waals surface area contributed by atoms with E-state index in [2.05, 4.69) is 0 Å². The number of carboxylic acid groups (broad SMARTS) is 2. The number of carboxylic acids is 2. The van der Waals surface area contributed by atoms with Crippen LogP contribution in [0.3, 0.4) is 0 Å². The molecule has 0 heterocycles. The second-order valence-electron chi connectivity index (χ2n) is 11.1. The Morgan fingerprint density at radius 2 is 1.49 bits per heavy atom. The zero-order chi connectivity index (χ0) is 31.2. The minimum atomic E-state index is -0.874. The summed E-state index contributed by atoms with van der Waals surface area (Å²) in [4.78, 5) is 24.0. The molecule has 0 aliphatic heterocycles. The highest BCUT2D eigenvalue weighted by molar-refractivity contribution is 5.71. The molecule has 0 fully saturated rings. The van der Waals surface area contributed by atoms with E-state index >= 15 is 4.39 Å². The van der Waals surface area contributed by atoms with Gasteiger partial charge in [-0.15, -0.1) is 0 Å². The first-order chi connectivity index (χ1) is 20.7. The molecule has 0 radical (unpaired) electrons. The van der Waals surface area contributed by atoms with Gasteiger partial charge in [-0.25, -0.2) is 4.39 Å². The molecule has 0 unspecified atom stereocenters. The van der Waals surface area contributed by atoms with E-state index in [1.807, 2.05) is 80.5 Å². The van der Waals surface area contributed by atoms with E-state index in [1.54, 1.807) is 0 Å². The van der Waals surface area contributed by atoms with E-state index in [0.717, 1.165) is 59.9 Å². The zero-order valence-corrected chi connectivity index (χ0v) is 25.5. The molecule has 0 saturated carbocycles. The Kier molecular flexibility index (Phi) is 13.5. The summed E-state index contributed by atoms with van der Waals surface area (Å²) in [6.07, 6.45) is 5.11. The second kappa shape index (κ2) is 17.3. The lowest BCUT2D eigenvalue weighted by atomic mass is 9.96. The molecule has 0 atom stereocenters. The van der Waals surface area contributed by atoms with Crippen LogP contribution in [0, 0.1) is 12.7 Å². The maximum absolute atomic E-state index is 15.5. The fourth-order valence-corrected chi connectivity index (χ4v) is 5.17. The van der Waals surface area contributed by atoms with Crippen LogP contribution in [0.1, 0.15) is 67.2 Å². The molecule has 3 aromatic rings. The van der Waals surface area contributed by atoms with Gasteiger partial charge in [-0.2, -0.15) is 0 Å². The molecule has 8 heteroatoms. The predicted molar refractivity (Wildman–Crippen MR) is 166 cm³/mol. The van der Waals surface area contributed by atoms with Crippen LogP contribution in [0.2, 0.25) is 0 Å². The minimum absolute atomic E-state index is 0.00244. The standard InChI is InChI=1S/C35H44FNO6/c1-25-30(27-14-8-6-9-15-27)23-28(24-37(2)3)34(36)35(25)43-21-10-5-4-7-13-26-16-11-17-31(29(26)19-20-33(40)41)42-22-12-18-32(38)39/h6,8-9,11,14-17,23H,4-5,7,10,12-13,18-22,24H2,1-3H3,(H,38,39)(H,40,41). The van der Waals surface area contributed by atoms with E-state index in [4.69, 9.17) is 14.6 Å². The molecule has 7 nitrogen and oxygen atoms in total. The third kappa shape index (κ3) is 10.7. The summed E-state index contributed by atoms with van der Waals surface area (Å²) in [5.41, 5.74) is 5.34. The van der Waals surface area contributed by atoms with Gasteiger partial charge in [0.15, 0.2) is 11.6 Å². The van der Waals surface area contributed by atoms with E-state index in [0.29, 0.717) is 43.1 Å². The molecule has 0 aromatic heterocycles. The first kappa shape index (κ1) is 33.6. The Labute approximate surface area is 254 Å². The lowest BCUT2D eigenvalue weighted by molar-refractivity contribution is -0.138. The predicted octanol–water partition coefficient (Wildman–Crippen LogP) is 7.31. The molecule has 2 N–H and O–H groups in total. The van der Waals surface area contributed by atoms with Crippen molar-refractivity contribution < 1.29 is 33.7 Å². The summed E-state index contributed by atoms with van der Waals surface area (Å²) in [6, 6.07) is 17.6. The summed E-state index contributed by atoms with van der Waals surface area (Å²) < 4.78 is 27.4. The first-order valence-electron chi connectivity index (χ1n) is 15.0. The average molecular weight is 594 g/mol. The molecule has 0 spiro atoms. The van der Waals surface area contributed by atoms with Crippen LogP contribution in [0.4, 0.5) is 4.39 Å². The Morgan fingerprint density at radius 3 is 2.19 bits per heavy atom. The van der Waals surface area contributed by atoms with Crippen LogP contribution in [-0.4, -0.2) is 54.4 Å². The fourth-order valence-electron chi connectivity index (χ4n) is 5.17. The number of carbonyl (C=O) groups is 2. The Bertz CT molecular complexity index is 1340. The average Bonchev–Trinajstić information content (AvgIpc) is 2.97. The number of hydrogen-bond donors (Lipinski definition) is 2. The van der Waals surface area contributed by atoms with Crippen molar-refractivity contribution in [2.75, 3.05) is 27.3 Å². The summed E-state index contributed by atoms with van der Waals surface area (Å²) in [5.74, 6) is -1.10. The van der Waals surface area contributed by atoms with Gasteiger partial charge in [-0.3, -0.25) is 9.59 Å². The van der Waals surface area contributed by atoms with Gasteiger partial charge in [0.05, 0.1) is 13.2 Å². The van der Waals surface area contributed by atoms with Gasteiger partial charge in [0, 0.05) is 30.5 Å². The third-order valence-electron chi connectivity index (χ3n) is 7.31. The molecule has 0 amide bonds. The summed E-state index contributed by atoms with van der Waals surface area (Å²) >= 11 is 0. The molecule has 232 valence electrons. The summed E-state index contributed by atoms with van der Waals surface area (Å²) in [7, 11) is 3.84. The smallest absolute Gasteiger partial charge is 0.303 e. The van der Waals surface area contributed by atoms with Crippen molar-refractivity contribution in [2.24, 2.45) is 0 Å². The molecule has 0 bridgehead atoms. The van der Waals surface area contributed by atoms with Crippen LogP contribution >= 0.6 is 0 Å². The van der Waals surface area contributed by atoms with Crippen LogP contribution in [-0.2, 0) is 29.0 Å². The van der Waals surface area contributed by atoms with Gasteiger partial charge >= 0.3 is 11.9 Å². The van der Waals surface area contributed by atoms with Crippen molar-refractivity contribution >= 4 is 11.9 Å². The van der Waals surface area contributed by atoms with Gasteiger partial charge in [0.1, 0.15) is 5.75 Å². The number of unbranched alkanes of at least 4 members (excludes halogenated alkanes) is 3. The van der Waals surface area contributed by atoms with Crippen LogP contribution in [0.25, 0.3) is 11.1 Å². The molecule has 0 saturated heterocycles. The van der Waals surface area contributed by atoms with Crippen molar-refractivity contribution in [3.8, 4) is 22.6 Å². The van der Waals surface area contributed by atoms with E-state index < -0.39 is 11.9 Å². The molecule has 43 heavy (non-hydrogen) atoms. The van der Waals surface area contributed by atoms with Crippen molar-refractivity contribution in [1.29, 1.82) is 0 Å². The molecule has 3 aromatic carbocycles. The van der Waals surface area contributed by atoms with Gasteiger partial charge in [0.25, 0.3) is 0 Å². The lowest BCUT2D eigenvalue weighted by Crippen LogP contribution is -2.13. The number of ether oxygens (including phenoxy) is 2. The quantitative estimate of drug-likeness (QED) is 0.141. The monoisotopic (exact) mass is 593 g/mol. The van der Waals surface area contributed by atoms with Gasteiger partial charge < -0.3 is 24.6 Å². The largest absolute Gasteiger partial charge is 0.493 e. The van der Waals surface area contributed by atoms with Crippen LogP contribution in [0.5, 0.6) is 11.5 Å². The van der Waals surface area contributed by atoms with Crippen molar-refractivity contribution in [3.63, 3.8) is 0 Å². The third-order valence-corrected chi connectivity index (χ3v) is 7.31. The highest BCUT2D eigenvalue weighted by Gasteiger charge is 2.19. The zero-order valence-electron chi connectivity index (χ0n) is 25.5. The highest BCUT2D eigenvalue weighted by atomic mass is 19.1. The van der Waals surface area contributed by atoms with E-state index in [9.17, 15) is 14.7 Å². The Balaban J connectivity index is 1.57. The highest BCUT2D eigenvalue weighted by Crippen LogP contribution is 2.35. The number of aliphatic carboxylic acids is 2. The SMILES string of the molecule is Cc1c(-c2ccccc2)cc(CN(C)C)c(F)c1OCCCCCCc1cccc(OCCCC(=O)O)c1CCC(=O)O. The number of halogens is 1. The summed E-state index contributed by atoms with van der Waals surface area (Å²) in [6.45, 7) is 3.07.